The second-order valence-corrected chi connectivity index (χ2v) is 8.31. The van der Waals surface area contributed by atoms with E-state index in [0.29, 0.717) is 11.5 Å². The van der Waals surface area contributed by atoms with Gasteiger partial charge in [0.2, 0.25) is 0 Å². The maximum Gasteiger partial charge on any atom is 0.161 e. The molecule has 2 saturated carbocycles. The van der Waals surface area contributed by atoms with Gasteiger partial charge < -0.3 is 0 Å². The van der Waals surface area contributed by atoms with E-state index in [-0.39, 0.29) is 0 Å². The molecule has 2 heteroatoms. The van der Waals surface area contributed by atoms with Crippen molar-refractivity contribution in [2.45, 2.75) is 84.0 Å². The standard InChI is InChI=1S/C22H32F2/c1-3-4-16-5-7-17(8-6-16)18-9-11-19(12-10-18)20-13-15(2)22(24)21(23)14-20/h13-14,16-19H,3-12H2,1-2H3. The van der Waals surface area contributed by atoms with E-state index in [0.717, 1.165) is 36.2 Å². The zero-order valence-corrected chi connectivity index (χ0v) is 15.3. The molecule has 0 aliphatic heterocycles. The lowest BCUT2D eigenvalue weighted by atomic mass is 9.68. The van der Waals surface area contributed by atoms with Crippen molar-refractivity contribution in [1.82, 2.24) is 0 Å². The predicted molar refractivity (Wildman–Crippen MR) is 96.2 cm³/mol. The Kier molecular flexibility index (Phi) is 5.94. The lowest BCUT2D eigenvalue weighted by Gasteiger charge is -2.38. The third-order valence-corrected chi connectivity index (χ3v) is 6.73. The topological polar surface area (TPSA) is 0 Å². The van der Waals surface area contributed by atoms with E-state index in [2.05, 4.69) is 6.92 Å². The third-order valence-electron chi connectivity index (χ3n) is 6.73. The normalized spacial score (nSPS) is 31.2. The van der Waals surface area contributed by atoms with E-state index in [4.69, 9.17) is 0 Å². The number of hydrogen-bond acceptors (Lipinski definition) is 0. The van der Waals surface area contributed by atoms with Gasteiger partial charge in [0.1, 0.15) is 0 Å². The maximum atomic E-state index is 13.7. The number of rotatable bonds is 4. The van der Waals surface area contributed by atoms with Crippen LogP contribution in [0.25, 0.3) is 0 Å². The average Bonchev–Trinajstić information content (AvgIpc) is 2.60. The number of halogens is 2. The van der Waals surface area contributed by atoms with Crippen LogP contribution in [-0.2, 0) is 0 Å². The molecule has 134 valence electrons. The summed E-state index contributed by atoms with van der Waals surface area (Å²) < 4.78 is 27.2. The van der Waals surface area contributed by atoms with E-state index in [1.165, 1.54) is 57.4 Å². The van der Waals surface area contributed by atoms with Crippen LogP contribution in [0.15, 0.2) is 12.1 Å². The molecule has 2 fully saturated rings. The van der Waals surface area contributed by atoms with Crippen molar-refractivity contribution in [1.29, 1.82) is 0 Å². The highest BCUT2D eigenvalue weighted by molar-refractivity contribution is 5.28. The van der Waals surface area contributed by atoms with Crippen LogP contribution in [0, 0.1) is 36.3 Å². The van der Waals surface area contributed by atoms with Gasteiger partial charge in [0.15, 0.2) is 11.6 Å². The van der Waals surface area contributed by atoms with Gasteiger partial charge in [-0.1, -0.05) is 38.7 Å². The Hall–Kier alpha value is -0.920. The Morgan fingerprint density at radius 2 is 1.46 bits per heavy atom. The third kappa shape index (κ3) is 4.00. The first-order valence-electron chi connectivity index (χ1n) is 10.0. The smallest absolute Gasteiger partial charge is 0.161 e. The fourth-order valence-corrected chi connectivity index (χ4v) is 5.27. The van der Waals surface area contributed by atoms with Crippen LogP contribution in [0.4, 0.5) is 8.78 Å². The van der Waals surface area contributed by atoms with Crippen LogP contribution in [0.3, 0.4) is 0 Å². The maximum absolute atomic E-state index is 13.7. The molecule has 0 atom stereocenters. The van der Waals surface area contributed by atoms with Crippen molar-refractivity contribution in [3.05, 3.63) is 34.9 Å². The Labute approximate surface area is 146 Å². The van der Waals surface area contributed by atoms with Crippen LogP contribution in [0.1, 0.15) is 88.2 Å². The van der Waals surface area contributed by atoms with Crippen LogP contribution < -0.4 is 0 Å². The summed E-state index contributed by atoms with van der Waals surface area (Å²) >= 11 is 0. The Morgan fingerprint density at radius 1 is 0.875 bits per heavy atom. The Bertz CT molecular complexity index is 512. The molecule has 0 unspecified atom stereocenters. The summed E-state index contributed by atoms with van der Waals surface area (Å²) in [7, 11) is 0. The molecule has 1 aromatic carbocycles. The minimum atomic E-state index is -0.684. The monoisotopic (exact) mass is 334 g/mol. The zero-order chi connectivity index (χ0) is 17.1. The van der Waals surface area contributed by atoms with Crippen LogP contribution in [0.2, 0.25) is 0 Å². The molecule has 0 amide bonds. The lowest BCUT2D eigenvalue weighted by Crippen LogP contribution is -2.25. The molecule has 1 aromatic rings. The molecule has 0 nitrogen and oxygen atoms in total. The van der Waals surface area contributed by atoms with Crippen LogP contribution >= 0.6 is 0 Å². The van der Waals surface area contributed by atoms with Gasteiger partial charge in [0.25, 0.3) is 0 Å². The number of benzene rings is 1. The highest BCUT2D eigenvalue weighted by Crippen LogP contribution is 2.44. The van der Waals surface area contributed by atoms with Crippen molar-refractivity contribution in [3.8, 4) is 0 Å². The average molecular weight is 334 g/mol. The second-order valence-electron chi connectivity index (χ2n) is 8.31. The second kappa shape index (κ2) is 7.97. The fraction of sp³-hybridized carbons (Fsp3) is 0.727. The molecule has 0 spiro atoms. The zero-order valence-electron chi connectivity index (χ0n) is 15.3. The summed E-state index contributed by atoms with van der Waals surface area (Å²) in [5.74, 6) is 1.83. The number of hydrogen-bond donors (Lipinski definition) is 0. The molecule has 0 bridgehead atoms. The highest BCUT2D eigenvalue weighted by Gasteiger charge is 2.31. The Morgan fingerprint density at radius 3 is 2.00 bits per heavy atom. The molecule has 0 N–H and O–H groups in total. The van der Waals surface area contributed by atoms with Crippen LogP contribution in [0.5, 0.6) is 0 Å². The molecule has 0 saturated heterocycles. The van der Waals surface area contributed by atoms with E-state index < -0.39 is 11.6 Å². The molecule has 2 aliphatic carbocycles. The van der Waals surface area contributed by atoms with Crippen molar-refractivity contribution < 1.29 is 8.78 Å². The summed E-state index contributed by atoms with van der Waals surface area (Å²) in [5.41, 5.74) is 1.46. The van der Waals surface area contributed by atoms with Crippen LogP contribution in [-0.4, -0.2) is 0 Å². The van der Waals surface area contributed by atoms with Gasteiger partial charge in [-0.2, -0.15) is 0 Å². The summed E-state index contributed by atoms with van der Waals surface area (Å²) in [4.78, 5) is 0. The predicted octanol–water partition coefficient (Wildman–Crippen LogP) is 7.15. The van der Waals surface area contributed by atoms with Gasteiger partial charge in [-0.15, -0.1) is 0 Å². The molecule has 0 heterocycles. The minimum Gasteiger partial charge on any atom is -0.204 e. The minimum absolute atomic E-state index is 0.423. The van der Waals surface area contributed by atoms with Crippen molar-refractivity contribution in [2.75, 3.05) is 0 Å². The number of aryl methyl sites for hydroxylation is 1. The molecule has 2 aliphatic rings. The van der Waals surface area contributed by atoms with Gasteiger partial charge in [0.05, 0.1) is 0 Å². The van der Waals surface area contributed by atoms with Gasteiger partial charge in [-0.3, -0.25) is 0 Å². The van der Waals surface area contributed by atoms with E-state index in [1.54, 1.807) is 6.92 Å². The molecule has 3 rings (SSSR count). The fourth-order valence-electron chi connectivity index (χ4n) is 5.27. The summed E-state index contributed by atoms with van der Waals surface area (Å²) in [6.45, 7) is 3.97. The summed E-state index contributed by atoms with van der Waals surface area (Å²) in [6.07, 6.45) is 13.3. The van der Waals surface area contributed by atoms with Gasteiger partial charge in [-0.05, 0) is 86.3 Å². The molecule has 24 heavy (non-hydrogen) atoms. The first kappa shape index (κ1) is 17.9. The molecular weight excluding hydrogens is 302 g/mol. The van der Waals surface area contributed by atoms with Crippen molar-refractivity contribution >= 4 is 0 Å². The molecular formula is C22H32F2. The Balaban J connectivity index is 1.53. The SMILES string of the molecule is CCCC1CCC(C2CCC(c3cc(C)c(F)c(F)c3)CC2)CC1. The van der Waals surface area contributed by atoms with Crippen molar-refractivity contribution in [2.24, 2.45) is 17.8 Å². The van der Waals surface area contributed by atoms with Crippen molar-refractivity contribution in [3.63, 3.8) is 0 Å². The molecule has 0 aromatic heterocycles. The van der Waals surface area contributed by atoms with Gasteiger partial charge in [0, 0.05) is 0 Å². The van der Waals surface area contributed by atoms with E-state index in [1.807, 2.05) is 6.07 Å². The first-order chi connectivity index (χ1) is 11.6. The first-order valence-corrected chi connectivity index (χ1v) is 10.0. The quantitative estimate of drug-likeness (QED) is 0.548. The summed E-state index contributed by atoms with van der Waals surface area (Å²) in [5, 5.41) is 0. The van der Waals surface area contributed by atoms with Gasteiger partial charge >= 0.3 is 0 Å². The van der Waals surface area contributed by atoms with Gasteiger partial charge in [-0.25, -0.2) is 8.78 Å². The summed E-state index contributed by atoms with van der Waals surface area (Å²) in [6, 6.07) is 3.29. The molecule has 0 radical (unpaired) electrons. The lowest BCUT2D eigenvalue weighted by molar-refractivity contribution is 0.156. The largest absolute Gasteiger partial charge is 0.204 e. The highest BCUT2D eigenvalue weighted by atomic mass is 19.2. The van der Waals surface area contributed by atoms with E-state index >= 15 is 0 Å². The van der Waals surface area contributed by atoms with E-state index in [9.17, 15) is 8.78 Å².